The van der Waals surface area contributed by atoms with Crippen molar-refractivity contribution in [1.82, 2.24) is 9.88 Å². The quantitative estimate of drug-likeness (QED) is 0.887. The van der Waals surface area contributed by atoms with Gasteiger partial charge in [-0.3, -0.25) is 4.79 Å². The summed E-state index contributed by atoms with van der Waals surface area (Å²) >= 11 is 0. The third-order valence-corrected chi connectivity index (χ3v) is 3.81. The van der Waals surface area contributed by atoms with Crippen LogP contribution in [0.1, 0.15) is 25.8 Å². The maximum Gasteiger partial charge on any atom is 0.417 e. The van der Waals surface area contributed by atoms with Gasteiger partial charge in [0.2, 0.25) is 11.8 Å². The first-order chi connectivity index (χ1) is 10.7. The predicted octanol–water partition coefficient (Wildman–Crippen LogP) is 2.49. The number of alkyl halides is 3. The Hall–Kier alpha value is -1.54. The summed E-state index contributed by atoms with van der Waals surface area (Å²) in [6.45, 7) is 4.63. The minimum Gasteiger partial charge on any atom is -0.472 e. The number of nitrogens with two attached hydrogens (primary N) is 1. The molecule has 2 atom stereocenters. The van der Waals surface area contributed by atoms with Crippen LogP contribution < -0.4 is 10.5 Å². The van der Waals surface area contributed by atoms with Crippen molar-refractivity contribution in [3.63, 3.8) is 0 Å². The third kappa shape index (κ3) is 4.98. The molecule has 1 saturated heterocycles. The SMILES string of the molecule is CC(C)[C@H](N)C(=O)N1CCC(Oc2ccc(C(F)(F)F)cn2)C1.Cl. The molecule has 1 fully saturated rings. The van der Waals surface area contributed by atoms with Gasteiger partial charge in [0.15, 0.2) is 0 Å². The van der Waals surface area contributed by atoms with E-state index in [0.29, 0.717) is 19.5 Å². The van der Waals surface area contributed by atoms with Crippen LogP contribution in [0.3, 0.4) is 0 Å². The van der Waals surface area contributed by atoms with Crippen LogP contribution in [0.5, 0.6) is 5.88 Å². The summed E-state index contributed by atoms with van der Waals surface area (Å²) in [5, 5.41) is 0. The molecule has 1 aromatic heterocycles. The van der Waals surface area contributed by atoms with Gasteiger partial charge in [-0.15, -0.1) is 12.4 Å². The van der Waals surface area contributed by atoms with E-state index in [1.807, 2.05) is 13.8 Å². The number of amides is 1. The van der Waals surface area contributed by atoms with E-state index in [2.05, 4.69) is 4.98 Å². The van der Waals surface area contributed by atoms with Gasteiger partial charge >= 0.3 is 6.18 Å². The van der Waals surface area contributed by atoms with Crippen LogP contribution in [-0.2, 0) is 11.0 Å². The summed E-state index contributed by atoms with van der Waals surface area (Å²) in [6, 6.07) is 1.56. The summed E-state index contributed by atoms with van der Waals surface area (Å²) in [5.74, 6) is 0.0241. The first-order valence-electron chi connectivity index (χ1n) is 7.42. The van der Waals surface area contributed by atoms with Gasteiger partial charge in [0.25, 0.3) is 0 Å². The number of halogens is 4. The molecule has 2 rings (SSSR count). The van der Waals surface area contributed by atoms with Crippen LogP contribution in [0, 0.1) is 5.92 Å². The monoisotopic (exact) mass is 367 g/mol. The van der Waals surface area contributed by atoms with Crippen LogP contribution in [0.2, 0.25) is 0 Å². The van der Waals surface area contributed by atoms with Gasteiger partial charge in [-0.1, -0.05) is 13.8 Å². The van der Waals surface area contributed by atoms with Crippen LogP contribution in [0.25, 0.3) is 0 Å². The average molecular weight is 368 g/mol. The Labute approximate surface area is 144 Å². The van der Waals surface area contributed by atoms with Crippen molar-refractivity contribution in [3.05, 3.63) is 23.9 Å². The van der Waals surface area contributed by atoms with Crippen LogP contribution >= 0.6 is 12.4 Å². The molecule has 0 radical (unpaired) electrons. The normalized spacial score (nSPS) is 19.1. The van der Waals surface area contributed by atoms with Crippen LogP contribution in [0.15, 0.2) is 18.3 Å². The van der Waals surface area contributed by atoms with Gasteiger partial charge in [-0.2, -0.15) is 13.2 Å². The largest absolute Gasteiger partial charge is 0.472 e. The van der Waals surface area contributed by atoms with Crippen molar-refractivity contribution in [2.45, 2.75) is 38.6 Å². The molecule has 0 saturated carbocycles. The van der Waals surface area contributed by atoms with Crippen molar-refractivity contribution in [3.8, 4) is 5.88 Å². The van der Waals surface area contributed by atoms with E-state index in [-0.39, 0.29) is 36.2 Å². The summed E-state index contributed by atoms with van der Waals surface area (Å²) in [4.78, 5) is 17.4. The highest BCUT2D eigenvalue weighted by molar-refractivity contribution is 5.85. The minimum absolute atomic E-state index is 0. The summed E-state index contributed by atoms with van der Waals surface area (Å²) in [7, 11) is 0. The lowest BCUT2D eigenvalue weighted by Gasteiger charge is -2.23. The zero-order valence-corrected chi connectivity index (χ0v) is 14.2. The van der Waals surface area contributed by atoms with Crippen molar-refractivity contribution in [1.29, 1.82) is 0 Å². The van der Waals surface area contributed by atoms with Crippen LogP contribution in [-0.4, -0.2) is 41.0 Å². The van der Waals surface area contributed by atoms with E-state index < -0.39 is 17.8 Å². The van der Waals surface area contributed by atoms with Gasteiger partial charge in [0.05, 0.1) is 18.2 Å². The second-order valence-electron chi connectivity index (χ2n) is 5.97. The molecule has 0 bridgehead atoms. The highest BCUT2D eigenvalue weighted by atomic mass is 35.5. The molecule has 1 aromatic rings. The summed E-state index contributed by atoms with van der Waals surface area (Å²) in [6.07, 6.45) is -3.38. The maximum atomic E-state index is 12.5. The number of ether oxygens (including phenoxy) is 1. The van der Waals surface area contributed by atoms with Gasteiger partial charge in [-0.05, 0) is 12.0 Å². The molecule has 1 aliphatic heterocycles. The third-order valence-electron chi connectivity index (χ3n) is 3.81. The molecular formula is C15H21ClF3N3O2. The Morgan fingerprint density at radius 2 is 2.08 bits per heavy atom. The molecule has 9 heteroatoms. The molecule has 2 heterocycles. The molecule has 0 aromatic carbocycles. The van der Waals surface area contributed by atoms with Crippen molar-refractivity contribution < 1.29 is 22.7 Å². The van der Waals surface area contributed by atoms with E-state index in [1.165, 1.54) is 6.07 Å². The van der Waals surface area contributed by atoms with E-state index in [9.17, 15) is 18.0 Å². The number of nitrogens with zero attached hydrogens (tertiary/aromatic N) is 2. The highest BCUT2D eigenvalue weighted by Gasteiger charge is 2.33. The Balaban J connectivity index is 0.00000288. The zero-order chi connectivity index (χ0) is 17.2. The number of carbonyl (C=O) groups is 1. The molecule has 1 amide bonds. The number of hydrogen-bond donors (Lipinski definition) is 1. The molecule has 2 N–H and O–H groups in total. The first kappa shape index (κ1) is 20.5. The summed E-state index contributed by atoms with van der Waals surface area (Å²) < 4.78 is 43.0. The Morgan fingerprint density at radius 1 is 1.42 bits per heavy atom. The molecule has 24 heavy (non-hydrogen) atoms. The Bertz CT molecular complexity index is 552. The Morgan fingerprint density at radius 3 is 2.58 bits per heavy atom. The average Bonchev–Trinajstić information content (AvgIpc) is 2.93. The minimum atomic E-state index is -4.42. The molecule has 5 nitrogen and oxygen atoms in total. The number of rotatable bonds is 4. The second-order valence-corrected chi connectivity index (χ2v) is 5.97. The molecule has 1 aliphatic rings. The number of pyridine rings is 1. The van der Waals surface area contributed by atoms with Crippen molar-refractivity contribution in [2.24, 2.45) is 11.7 Å². The number of hydrogen-bond acceptors (Lipinski definition) is 4. The fourth-order valence-corrected chi connectivity index (χ4v) is 2.31. The summed E-state index contributed by atoms with van der Waals surface area (Å²) in [5.41, 5.74) is 5.02. The predicted molar refractivity (Wildman–Crippen MR) is 84.9 cm³/mol. The Kier molecular flexibility index (Phi) is 6.86. The van der Waals surface area contributed by atoms with Crippen molar-refractivity contribution >= 4 is 18.3 Å². The second kappa shape index (κ2) is 8.02. The van der Waals surface area contributed by atoms with E-state index in [4.69, 9.17) is 10.5 Å². The zero-order valence-electron chi connectivity index (χ0n) is 13.4. The van der Waals surface area contributed by atoms with Gasteiger partial charge in [-0.25, -0.2) is 4.98 Å². The molecule has 0 aliphatic carbocycles. The molecular weight excluding hydrogens is 347 g/mol. The molecule has 0 spiro atoms. The van der Waals surface area contributed by atoms with Crippen molar-refractivity contribution in [2.75, 3.05) is 13.1 Å². The first-order valence-corrected chi connectivity index (χ1v) is 7.42. The lowest BCUT2D eigenvalue weighted by Crippen LogP contribution is -2.46. The molecule has 136 valence electrons. The van der Waals surface area contributed by atoms with Crippen LogP contribution in [0.4, 0.5) is 13.2 Å². The topological polar surface area (TPSA) is 68.5 Å². The van der Waals surface area contributed by atoms with Gasteiger partial charge in [0, 0.05) is 25.2 Å². The number of likely N-dealkylation sites (tertiary alicyclic amines) is 1. The molecule has 1 unspecified atom stereocenters. The smallest absolute Gasteiger partial charge is 0.417 e. The number of carbonyl (C=O) groups excluding carboxylic acids is 1. The highest BCUT2D eigenvalue weighted by Crippen LogP contribution is 2.29. The lowest BCUT2D eigenvalue weighted by atomic mass is 10.0. The number of aromatic nitrogens is 1. The van der Waals surface area contributed by atoms with Gasteiger partial charge < -0.3 is 15.4 Å². The lowest BCUT2D eigenvalue weighted by molar-refractivity contribution is -0.138. The van der Waals surface area contributed by atoms with E-state index in [1.54, 1.807) is 4.90 Å². The standard InChI is InChI=1S/C15H20F3N3O2.ClH/c1-9(2)13(19)14(22)21-6-5-11(8-21)23-12-4-3-10(7-20-12)15(16,17)18;/h3-4,7,9,11,13H,5-6,8,19H2,1-2H3;1H/t11?,13-;/m0./s1. The maximum absolute atomic E-state index is 12.5. The van der Waals surface area contributed by atoms with Gasteiger partial charge in [0.1, 0.15) is 6.10 Å². The fourth-order valence-electron chi connectivity index (χ4n) is 2.31. The van der Waals surface area contributed by atoms with E-state index in [0.717, 1.165) is 12.3 Å². The fraction of sp³-hybridized carbons (Fsp3) is 0.600. The van der Waals surface area contributed by atoms with E-state index >= 15 is 0 Å².